The maximum absolute atomic E-state index is 12.2. The fourth-order valence-corrected chi connectivity index (χ4v) is 1.50. The van der Waals surface area contributed by atoms with Gasteiger partial charge >= 0.3 is 12.1 Å². The van der Waals surface area contributed by atoms with E-state index in [9.17, 15) is 22.8 Å². The summed E-state index contributed by atoms with van der Waals surface area (Å²) in [5, 5.41) is 1.72. The van der Waals surface area contributed by atoms with Crippen molar-refractivity contribution in [3.05, 3.63) is 29.8 Å². The van der Waals surface area contributed by atoms with E-state index in [1.54, 1.807) is 11.4 Å². The van der Waals surface area contributed by atoms with Crippen LogP contribution in [-0.2, 0) is 4.79 Å². The van der Waals surface area contributed by atoms with Gasteiger partial charge in [0.05, 0.1) is 5.69 Å². The van der Waals surface area contributed by atoms with E-state index in [1.165, 1.54) is 18.2 Å². The van der Waals surface area contributed by atoms with E-state index in [4.69, 9.17) is 0 Å². The number of Topliss-reactive ketones (excluding diaryl/α,β-unsaturated/α-hetero) is 1. The smallest absolute Gasteiger partial charge is 0.318 e. The monoisotopic (exact) mass is 273 g/mol. The van der Waals surface area contributed by atoms with E-state index in [0.717, 1.165) is 6.42 Å². The molecule has 1 aromatic rings. The zero-order valence-electron chi connectivity index (χ0n) is 10.4. The quantitative estimate of drug-likeness (QED) is 0.834. The number of benzene rings is 1. The number of carbonyl (C=O) groups excluding carboxylic acids is 2. The molecule has 0 aromatic heterocycles. The highest BCUT2D eigenvalue weighted by molar-refractivity contribution is 6.05. The van der Waals surface area contributed by atoms with Crippen LogP contribution in [0.25, 0.3) is 0 Å². The van der Waals surface area contributed by atoms with Gasteiger partial charge in [-0.1, -0.05) is 25.5 Å². The number of nitrogens with one attached hydrogen (secondary N) is 1. The molecule has 19 heavy (non-hydrogen) atoms. The van der Waals surface area contributed by atoms with Crippen LogP contribution < -0.4 is 5.32 Å². The Balaban J connectivity index is 2.90. The molecule has 0 unspecified atom stereocenters. The van der Waals surface area contributed by atoms with Crippen molar-refractivity contribution < 1.29 is 22.8 Å². The second-order valence-corrected chi connectivity index (χ2v) is 4.02. The third-order valence-corrected chi connectivity index (χ3v) is 2.49. The molecule has 1 N–H and O–H groups in total. The first-order valence-corrected chi connectivity index (χ1v) is 5.86. The molecule has 104 valence electrons. The van der Waals surface area contributed by atoms with E-state index >= 15 is 0 Å². The molecule has 6 heteroatoms. The lowest BCUT2D eigenvalue weighted by molar-refractivity contribution is -0.167. The maximum atomic E-state index is 12.2. The molecule has 0 atom stereocenters. The SMILES string of the molecule is CCCCC(=O)c1ccccc1NC(=O)C(F)(F)F. The van der Waals surface area contributed by atoms with Crippen LogP contribution >= 0.6 is 0 Å². The van der Waals surface area contributed by atoms with Gasteiger partial charge in [0.25, 0.3) is 0 Å². The number of unbranched alkanes of at least 4 members (excludes halogenated alkanes) is 1. The number of halogens is 3. The van der Waals surface area contributed by atoms with E-state index in [-0.39, 0.29) is 23.5 Å². The molecule has 0 fully saturated rings. The van der Waals surface area contributed by atoms with E-state index in [2.05, 4.69) is 0 Å². The number of para-hydroxylation sites is 1. The third-order valence-electron chi connectivity index (χ3n) is 2.49. The van der Waals surface area contributed by atoms with Gasteiger partial charge in [0.15, 0.2) is 5.78 Å². The lowest BCUT2D eigenvalue weighted by atomic mass is 10.0. The predicted molar refractivity (Wildman–Crippen MR) is 65.0 cm³/mol. The van der Waals surface area contributed by atoms with Crippen LogP contribution in [0.1, 0.15) is 36.5 Å². The number of hydrogen-bond acceptors (Lipinski definition) is 2. The van der Waals surface area contributed by atoms with Gasteiger partial charge in [-0.15, -0.1) is 0 Å². The summed E-state index contributed by atoms with van der Waals surface area (Å²) in [6, 6.07) is 5.69. The first-order valence-electron chi connectivity index (χ1n) is 5.86. The first-order chi connectivity index (χ1) is 8.86. The summed E-state index contributed by atoms with van der Waals surface area (Å²) < 4.78 is 36.5. The van der Waals surface area contributed by atoms with Crippen molar-refractivity contribution in [2.75, 3.05) is 5.32 Å². The number of carbonyl (C=O) groups is 2. The second kappa shape index (κ2) is 6.36. The molecule has 0 saturated heterocycles. The summed E-state index contributed by atoms with van der Waals surface area (Å²) in [7, 11) is 0. The molecule has 1 rings (SSSR count). The number of amides is 1. The molecule has 0 saturated carbocycles. The Morgan fingerprint density at radius 3 is 2.42 bits per heavy atom. The van der Waals surface area contributed by atoms with Crippen LogP contribution in [-0.4, -0.2) is 17.9 Å². The number of ketones is 1. The lowest BCUT2D eigenvalue weighted by Gasteiger charge is -2.11. The van der Waals surface area contributed by atoms with Crippen LogP contribution in [0, 0.1) is 0 Å². The summed E-state index contributed by atoms with van der Waals surface area (Å²) in [6.07, 6.45) is -3.27. The Morgan fingerprint density at radius 1 is 1.21 bits per heavy atom. The largest absolute Gasteiger partial charge is 0.471 e. The van der Waals surface area contributed by atoms with Crippen molar-refractivity contribution in [1.82, 2.24) is 0 Å². The van der Waals surface area contributed by atoms with Gasteiger partial charge < -0.3 is 5.32 Å². The zero-order valence-corrected chi connectivity index (χ0v) is 10.4. The Labute approximate surface area is 108 Å². The Bertz CT molecular complexity index is 469. The molecular weight excluding hydrogens is 259 g/mol. The Kier molecular flexibility index (Phi) is 5.09. The highest BCUT2D eigenvalue weighted by Gasteiger charge is 2.39. The highest BCUT2D eigenvalue weighted by Crippen LogP contribution is 2.22. The van der Waals surface area contributed by atoms with E-state index in [1.807, 2.05) is 6.92 Å². The van der Waals surface area contributed by atoms with Crippen LogP contribution in [0.4, 0.5) is 18.9 Å². The van der Waals surface area contributed by atoms with Gasteiger partial charge in [0.1, 0.15) is 0 Å². The molecule has 0 bridgehead atoms. The number of rotatable bonds is 5. The topological polar surface area (TPSA) is 46.2 Å². The molecule has 0 spiro atoms. The van der Waals surface area contributed by atoms with Crippen molar-refractivity contribution in [2.45, 2.75) is 32.4 Å². The molecule has 1 amide bonds. The summed E-state index contributed by atoms with van der Waals surface area (Å²) in [4.78, 5) is 22.7. The van der Waals surface area contributed by atoms with Gasteiger partial charge in [-0.25, -0.2) is 0 Å². The van der Waals surface area contributed by atoms with Gasteiger partial charge in [0.2, 0.25) is 0 Å². The average molecular weight is 273 g/mol. The Morgan fingerprint density at radius 2 is 1.84 bits per heavy atom. The minimum absolute atomic E-state index is 0.105. The van der Waals surface area contributed by atoms with Crippen molar-refractivity contribution in [2.24, 2.45) is 0 Å². The number of anilines is 1. The summed E-state index contributed by atoms with van der Waals surface area (Å²) in [6.45, 7) is 1.91. The van der Waals surface area contributed by atoms with Crippen molar-refractivity contribution in [3.63, 3.8) is 0 Å². The third kappa shape index (κ3) is 4.39. The van der Waals surface area contributed by atoms with Crippen molar-refractivity contribution >= 4 is 17.4 Å². The summed E-state index contributed by atoms with van der Waals surface area (Å²) in [5.74, 6) is -2.36. The first kappa shape index (κ1) is 15.2. The van der Waals surface area contributed by atoms with Gasteiger partial charge in [-0.3, -0.25) is 9.59 Å². The zero-order chi connectivity index (χ0) is 14.5. The van der Waals surface area contributed by atoms with E-state index in [0.29, 0.717) is 6.42 Å². The molecule has 0 heterocycles. The van der Waals surface area contributed by atoms with Gasteiger partial charge in [-0.05, 0) is 18.6 Å². The summed E-state index contributed by atoms with van der Waals surface area (Å²) >= 11 is 0. The fraction of sp³-hybridized carbons (Fsp3) is 0.385. The van der Waals surface area contributed by atoms with Gasteiger partial charge in [-0.2, -0.15) is 13.2 Å². The minimum atomic E-state index is -4.97. The normalized spacial score (nSPS) is 11.2. The number of alkyl halides is 3. The highest BCUT2D eigenvalue weighted by atomic mass is 19.4. The molecular formula is C13H14F3NO2. The Hall–Kier alpha value is -1.85. The number of hydrogen-bond donors (Lipinski definition) is 1. The standard InChI is InChI=1S/C13H14F3NO2/c1-2-3-8-11(18)9-6-4-5-7-10(9)17-12(19)13(14,15)16/h4-7H,2-3,8H2,1H3,(H,17,19). The molecule has 0 aliphatic heterocycles. The molecule has 0 aliphatic rings. The maximum Gasteiger partial charge on any atom is 0.471 e. The van der Waals surface area contributed by atoms with Crippen molar-refractivity contribution in [1.29, 1.82) is 0 Å². The molecule has 1 aromatic carbocycles. The second-order valence-electron chi connectivity index (χ2n) is 4.02. The van der Waals surface area contributed by atoms with Crippen LogP contribution in [0.2, 0.25) is 0 Å². The predicted octanol–water partition coefficient (Wildman–Crippen LogP) is 3.56. The fourth-order valence-electron chi connectivity index (χ4n) is 1.50. The minimum Gasteiger partial charge on any atom is -0.318 e. The molecule has 0 radical (unpaired) electrons. The van der Waals surface area contributed by atoms with Crippen LogP contribution in [0.5, 0.6) is 0 Å². The van der Waals surface area contributed by atoms with Crippen molar-refractivity contribution in [3.8, 4) is 0 Å². The summed E-state index contributed by atoms with van der Waals surface area (Å²) in [5.41, 5.74) is -0.000483. The van der Waals surface area contributed by atoms with Gasteiger partial charge in [0, 0.05) is 12.0 Å². The lowest BCUT2D eigenvalue weighted by Crippen LogP contribution is -2.30. The van der Waals surface area contributed by atoms with Crippen LogP contribution in [0.15, 0.2) is 24.3 Å². The average Bonchev–Trinajstić information content (AvgIpc) is 2.35. The molecule has 3 nitrogen and oxygen atoms in total. The molecule has 0 aliphatic carbocycles. The van der Waals surface area contributed by atoms with E-state index < -0.39 is 12.1 Å². The van der Waals surface area contributed by atoms with Crippen LogP contribution in [0.3, 0.4) is 0 Å².